The van der Waals surface area contributed by atoms with Crippen LogP contribution in [0.3, 0.4) is 0 Å². The first-order chi connectivity index (χ1) is 11.0. The summed E-state index contributed by atoms with van der Waals surface area (Å²) < 4.78 is 37.0. The largest absolute Gasteiger partial charge is 0.492 e. The van der Waals surface area contributed by atoms with E-state index in [1.807, 2.05) is 0 Å². The number of benzene rings is 1. The number of amides is 1. The minimum Gasteiger partial charge on any atom is -0.492 e. The van der Waals surface area contributed by atoms with E-state index in [1.54, 1.807) is 19.1 Å². The van der Waals surface area contributed by atoms with E-state index in [9.17, 15) is 13.2 Å². The molecule has 0 atom stereocenters. The summed E-state index contributed by atoms with van der Waals surface area (Å²) in [5.41, 5.74) is 0. The highest BCUT2D eigenvalue weighted by Gasteiger charge is 2.26. The second-order valence-corrected chi connectivity index (χ2v) is 6.98. The molecule has 1 N–H and O–H groups in total. The molecule has 0 spiro atoms. The lowest BCUT2D eigenvalue weighted by Crippen LogP contribution is -2.40. The van der Waals surface area contributed by atoms with Gasteiger partial charge in [-0.05, 0) is 24.3 Å². The molecular formula is C15H22N2O5S. The molecule has 2 rings (SSSR count). The van der Waals surface area contributed by atoms with Gasteiger partial charge in [-0.3, -0.25) is 4.79 Å². The monoisotopic (exact) mass is 342 g/mol. The molecule has 1 saturated heterocycles. The van der Waals surface area contributed by atoms with Crippen LogP contribution in [-0.4, -0.2) is 58.1 Å². The molecule has 128 valence electrons. The van der Waals surface area contributed by atoms with Crippen molar-refractivity contribution in [3.8, 4) is 5.75 Å². The quantitative estimate of drug-likeness (QED) is 0.734. The maximum atomic E-state index is 12.4. The Hall–Kier alpha value is -1.64. The summed E-state index contributed by atoms with van der Waals surface area (Å²) in [4.78, 5) is 11.3. The fourth-order valence-corrected chi connectivity index (χ4v) is 3.54. The van der Waals surface area contributed by atoms with E-state index in [-0.39, 0.29) is 10.8 Å². The number of carbonyl (C=O) groups is 1. The number of rotatable bonds is 7. The predicted molar refractivity (Wildman–Crippen MR) is 84.8 cm³/mol. The van der Waals surface area contributed by atoms with Gasteiger partial charge in [-0.2, -0.15) is 4.31 Å². The van der Waals surface area contributed by atoms with Crippen LogP contribution in [0.15, 0.2) is 29.2 Å². The Bertz CT molecular complexity index is 609. The van der Waals surface area contributed by atoms with Crippen molar-refractivity contribution in [2.45, 2.75) is 18.2 Å². The van der Waals surface area contributed by atoms with Gasteiger partial charge in [-0.15, -0.1) is 0 Å². The highest BCUT2D eigenvalue weighted by atomic mass is 32.2. The molecule has 1 aliphatic heterocycles. The molecule has 23 heavy (non-hydrogen) atoms. The number of nitrogens with zero attached hydrogens (tertiary/aromatic N) is 1. The van der Waals surface area contributed by atoms with Gasteiger partial charge in [0.25, 0.3) is 0 Å². The van der Waals surface area contributed by atoms with Crippen LogP contribution < -0.4 is 10.1 Å². The zero-order chi connectivity index (χ0) is 16.7. The maximum absolute atomic E-state index is 12.4. The van der Waals surface area contributed by atoms with Crippen LogP contribution in [0, 0.1) is 0 Å². The second kappa shape index (κ2) is 8.28. The third-order valence-electron chi connectivity index (χ3n) is 3.45. The number of sulfonamides is 1. The molecule has 0 aromatic heterocycles. The van der Waals surface area contributed by atoms with Gasteiger partial charge >= 0.3 is 0 Å². The van der Waals surface area contributed by atoms with Gasteiger partial charge in [0, 0.05) is 19.5 Å². The van der Waals surface area contributed by atoms with Gasteiger partial charge in [0.05, 0.1) is 24.7 Å². The average Bonchev–Trinajstić information content (AvgIpc) is 2.59. The van der Waals surface area contributed by atoms with Gasteiger partial charge in [0.1, 0.15) is 12.4 Å². The average molecular weight is 342 g/mol. The third-order valence-corrected chi connectivity index (χ3v) is 5.36. The Morgan fingerprint density at radius 1 is 1.26 bits per heavy atom. The molecule has 0 bridgehead atoms. The first-order valence-electron chi connectivity index (χ1n) is 7.61. The van der Waals surface area contributed by atoms with Crippen molar-refractivity contribution in [2.24, 2.45) is 0 Å². The Morgan fingerprint density at radius 3 is 2.52 bits per heavy atom. The van der Waals surface area contributed by atoms with E-state index in [4.69, 9.17) is 9.47 Å². The van der Waals surface area contributed by atoms with Crippen molar-refractivity contribution in [3.63, 3.8) is 0 Å². The molecule has 0 saturated carbocycles. The molecule has 8 heteroatoms. The van der Waals surface area contributed by atoms with E-state index in [1.165, 1.54) is 16.4 Å². The molecule has 1 amide bonds. The normalized spacial score (nSPS) is 16.0. The van der Waals surface area contributed by atoms with E-state index >= 15 is 0 Å². The summed E-state index contributed by atoms with van der Waals surface area (Å²) in [6, 6.07) is 6.31. The Kier molecular flexibility index (Phi) is 6.37. The van der Waals surface area contributed by atoms with Crippen molar-refractivity contribution in [3.05, 3.63) is 24.3 Å². The minimum absolute atomic E-state index is 0.0273. The lowest BCUT2D eigenvalue weighted by Gasteiger charge is -2.26. The number of carbonyl (C=O) groups excluding carboxylic acids is 1. The molecule has 1 fully saturated rings. The van der Waals surface area contributed by atoms with Crippen molar-refractivity contribution < 1.29 is 22.7 Å². The van der Waals surface area contributed by atoms with E-state index in [0.717, 1.165) is 0 Å². The molecular weight excluding hydrogens is 320 g/mol. The summed E-state index contributed by atoms with van der Waals surface area (Å²) in [5, 5.41) is 2.70. The Balaban J connectivity index is 1.89. The molecule has 0 aliphatic carbocycles. The van der Waals surface area contributed by atoms with Crippen LogP contribution in [0.25, 0.3) is 0 Å². The van der Waals surface area contributed by atoms with Crippen LogP contribution in [0.2, 0.25) is 0 Å². The van der Waals surface area contributed by atoms with Crippen LogP contribution in [-0.2, 0) is 19.6 Å². The van der Waals surface area contributed by atoms with Gasteiger partial charge in [0.15, 0.2) is 0 Å². The van der Waals surface area contributed by atoms with Crippen molar-refractivity contribution in [1.82, 2.24) is 9.62 Å². The molecule has 7 nitrogen and oxygen atoms in total. The smallest absolute Gasteiger partial charge is 0.243 e. The number of nitrogens with one attached hydrogen (secondary N) is 1. The second-order valence-electron chi connectivity index (χ2n) is 5.04. The summed E-state index contributed by atoms with van der Waals surface area (Å²) in [7, 11) is -3.48. The number of hydrogen-bond donors (Lipinski definition) is 1. The maximum Gasteiger partial charge on any atom is 0.243 e. The first kappa shape index (κ1) is 17.7. The standard InChI is InChI=1S/C15H22N2O5S/c1-2-15(18)16-7-10-22-13-3-5-14(6-4-13)23(19,20)17-8-11-21-12-9-17/h3-6H,2,7-12H2,1H3,(H,16,18). The Labute approximate surface area is 136 Å². The SMILES string of the molecule is CCC(=O)NCCOc1ccc(S(=O)(=O)N2CCOCC2)cc1. The van der Waals surface area contributed by atoms with Crippen LogP contribution >= 0.6 is 0 Å². The Morgan fingerprint density at radius 2 is 1.91 bits per heavy atom. The predicted octanol–water partition coefficient (Wildman–Crippen LogP) is 0.613. The van der Waals surface area contributed by atoms with Crippen LogP contribution in [0.1, 0.15) is 13.3 Å². The lowest BCUT2D eigenvalue weighted by molar-refractivity contribution is -0.120. The summed E-state index contributed by atoms with van der Waals surface area (Å²) >= 11 is 0. The lowest BCUT2D eigenvalue weighted by atomic mass is 10.3. The molecule has 1 aliphatic rings. The van der Waals surface area contributed by atoms with E-state index in [2.05, 4.69) is 5.32 Å². The zero-order valence-electron chi connectivity index (χ0n) is 13.2. The van der Waals surface area contributed by atoms with E-state index in [0.29, 0.717) is 51.6 Å². The van der Waals surface area contributed by atoms with Crippen molar-refractivity contribution in [1.29, 1.82) is 0 Å². The molecule has 0 unspecified atom stereocenters. The van der Waals surface area contributed by atoms with Gasteiger partial charge in [-0.1, -0.05) is 6.92 Å². The van der Waals surface area contributed by atoms with Gasteiger partial charge in [-0.25, -0.2) is 8.42 Å². The van der Waals surface area contributed by atoms with Crippen molar-refractivity contribution in [2.75, 3.05) is 39.5 Å². The number of hydrogen-bond acceptors (Lipinski definition) is 5. The van der Waals surface area contributed by atoms with E-state index < -0.39 is 10.0 Å². The molecule has 1 aromatic carbocycles. The molecule has 1 aromatic rings. The summed E-state index contributed by atoms with van der Waals surface area (Å²) in [6.45, 7) is 4.12. The van der Waals surface area contributed by atoms with Crippen LogP contribution in [0.4, 0.5) is 0 Å². The van der Waals surface area contributed by atoms with Gasteiger partial charge < -0.3 is 14.8 Å². The number of morpholine rings is 1. The highest BCUT2D eigenvalue weighted by Crippen LogP contribution is 2.20. The minimum atomic E-state index is -3.48. The highest BCUT2D eigenvalue weighted by molar-refractivity contribution is 7.89. The fraction of sp³-hybridized carbons (Fsp3) is 0.533. The summed E-state index contributed by atoms with van der Waals surface area (Å²) in [5.74, 6) is 0.539. The molecule has 0 radical (unpaired) electrons. The molecule has 1 heterocycles. The first-order valence-corrected chi connectivity index (χ1v) is 9.05. The van der Waals surface area contributed by atoms with Crippen molar-refractivity contribution >= 4 is 15.9 Å². The van der Waals surface area contributed by atoms with Gasteiger partial charge in [0.2, 0.25) is 15.9 Å². The third kappa shape index (κ3) is 4.92. The number of ether oxygens (including phenoxy) is 2. The summed E-state index contributed by atoms with van der Waals surface area (Å²) in [6.07, 6.45) is 0.439. The topological polar surface area (TPSA) is 84.9 Å². The fourth-order valence-electron chi connectivity index (χ4n) is 2.13. The zero-order valence-corrected chi connectivity index (χ0v) is 14.0. The van der Waals surface area contributed by atoms with Crippen LogP contribution in [0.5, 0.6) is 5.75 Å².